The summed E-state index contributed by atoms with van der Waals surface area (Å²) in [7, 11) is 5.02. The maximum absolute atomic E-state index is 12.5. The molecule has 1 N–H and O–H groups in total. The van der Waals surface area contributed by atoms with Crippen LogP contribution in [0.1, 0.15) is 57.6 Å². The average molecular weight is 495 g/mol. The second-order valence-corrected chi connectivity index (χ2v) is 10.3. The minimum Gasteiger partial charge on any atom is -0.496 e. The van der Waals surface area contributed by atoms with E-state index < -0.39 is 5.60 Å². The van der Waals surface area contributed by atoms with Gasteiger partial charge in [-0.25, -0.2) is 4.79 Å². The van der Waals surface area contributed by atoms with Crippen LogP contribution in [0.4, 0.5) is 4.79 Å². The Morgan fingerprint density at radius 1 is 0.972 bits per heavy atom. The molecule has 1 aromatic heterocycles. The number of rotatable bonds is 6. The Labute approximate surface area is 213 Å². The summed E-state index contributed by atoms with van der Waals surface area (Å²) >= 11 is 0. The molecule has 0 spiro atoms. The number of hydrogen-bond acceptors (Lipinski definition) is 5. The molecule has 36 heavy (non-hydrogen) atoms. The van der Waals surface area contributed by atoms with E-state index in [0.717, 1.165) is 41.8 Å². The van der Waals surface area contributed by atoms with Gasteiger partial charge in [0.1, 0.15) is 11.4 Å². The molecule has 0 radical (unpaired) electrons. The molecule has 7 nitrogen and oxygen atoms in total. The number of H-pyrrole nitrogens is 1. The lowest BCUT2D eigenvalue weighted by molar-refractivity contribution is 0.0204. The smallest absolute Gasteiger partial charge is 0.410 e. The monoisotopic (exact) mass is 494 g/mol. The molecule has 7 heteroatoms. The first-order chi connectivity index (χ1) is 17.2. The molecule has 1 saturated heterocycles. The SMILES string of the molecule is CCc1c(-c2ccc(OC)c(OC)c2)[nH]c2cc(OC)c(C3CCN(C(=O)OC(C)(C)C)CC3)cc12. The summed E-state index contributed by atoms with van der Waals surface area (Å²) < 4.78 is 22.4. The quantitative estimate of drug-likeness (QED) is 0.421. The first-order valence-corrected chi connectivity index (χ1v) is 12.6. The summed E-state index contributed by atoms with van der Waals surface area (Å²) in [5.74, 6) is 2.59. The predicted molar refractivity (Wildman–Crippen MR) is 143 cm³/mol. The Morgan fingerprint density at radius 3 is 2.22 bits per heavy atom. The van der Waals surface area contributed by atoms with E-state index in [2.05, 4.69) is 30.1 Å². The van der Waals surface area contributed by atoms with Crippen molar-refractivity contribution < 1.29 is 23.7 Å². The van der Waals surface area contributed by atoms with Gasteiger partial charge in [0, 0.05) is 41.3 Å². The summed E-state index contributed by atoms with van der Waals surface area (Å²) in [6.45, 7) is 9.22. The number of benzene rings is 2. The van der Waals surface area contributed by atoms with E-state index in [0.29, 0.717) is 30.5 Å². The molecule has 3 aromatic rings. The Balaban J connectivity index is 1.66. The van der Waals surface area contributed by atoms with Gasteiger partial charge in [-0.2, -0.15) is 0 Å². The van der Waals surface area contributed by atoms with Crippen LogP contribution in [0.3, 0.4) is 0 Å². The lowest BCUT2D eigenvalue weighted by Crippen LogP contribution is -2.41. The van der Waals surface area contributed by atoms with Gasteiger partial charge in [0.25, 0.3) is 0 Å². The third-order valence-corrected chi connectivity index (χ3v) is 6.87. The number of ether oxygens (including phenoxy) is 4. The number of amides is 1. The molecular formula is C29H38N2O5. The highest BCUT2D eigenvalue weighted by molar-refractivity contribution is 5.93. The predicted octanol–water partition coefficient (Wildman–Crippen LogP) is 6.54. The van der Waals surface area contributed by atoms with Gasteiger partial charge in [-0.3, -0.25) is 0 Å². The topological polar surface area (TPSA) is 73.0 Å². The van der Waals surface area contributed by atoms with Crippen molar-refractivity contribution in [3.8, 4) is 28.5 Å². The third-order valence-electron chi connectivity index (χ3n) is 6.87. The van der Waals surface area contributed by atoms with E-state index in [1.54, 1.807) is 21.3 Å². The van der Waals surface area contributed by atoms with Crippen LogP contribution in [0, 0.1) is 0 Å². The molecule has 1 aliphatic rings. The molecule has 0 aliphatic carbocycles. The van der Waals surface area contributed by atoms with Gasteiger partial charge >= 0.3 is 6.09 Å². The van der Waals surface area contributed by atoms with Crippen molar-refractivity contribution in [1.82, 2.24) is 9.88 Å². The second kappa shape index (κ2) is 10.3. The largest absolute Gasteiger partial charge is 0.496 e. The number of aryl methyl sites for hydroxylation is 1. The van der Waals surface area contributed by atoms with E-state index in [4.69, 9.17) is 18.9 Å². The lowest BCUT2D eigenvalue weighted by atomic mass is 9.87. The van der Waals surface area contributed by atoms with Crippen molar-refractivity contribution in [3.63, 3.8) is 0 Å². The normalized spacial score (nSPS) is 14.7. The van der Waals surface area contributed by atoms with E-state index in [1.807, 2.05) is 37.8 Å². The Kier molecular flexibility index (Phi) is 7.38. The summed E-state index contributed by atoms with van der Waals surface area (Å²) in [6.07, 6.45) is 2.39. The second-order valence-electron chi connectivity index (χ2n) is 10.3. The maximum atomic E-state index is 12.5. The van der Waals surface area contributed by atoms with Gasteiger partial charge < -0.3 is 28.8 Å². The van der Waals surface area contributed by atoms with Crippen molar-refractivity contribution in [2.24, 2.45) is 0 Å². The zero-order chi connectivity index (χ0) is 26.0. The highest BCUT2D eigenvalue weighted by atomic mass is 16.6. The van der Waals surface area contributed by atoms with Crippen molar-refractivity contribution in [3.05, 3.63) is 41.5 Å². The van der Waals surface area contributed by atoms with E-state index in [-0.39, 0.29) is 6.09 Å². The van der Waals surface area contributed by atoms with E-state index in [1.165, 1.54) is 16.5 Å². The van der Waals surface area contributed by atoms with Crippen LogP contribution in [0.2, 0.25) is 0 Å². The fourth-order valence-corrected chi connectivity index (χ4v) is 5.10. The van der Waals surface area contributed by atoms with Crippen molar-refractivity contribution in [1.29, 1.82) is 0 Å². The fourth-order valence-electron chi connectivity index (χ4n) is 5.10. The number of carbonyl (C=O) groups excluding carboxylic acids is 1. The molecule has 0 bridgehead atoms. The van der Waals surface area contributed by atoms with Crippen molar-refractivity contribution in [2.45, 2.75) is 58.5 Å². The number of nitrogens with zero attached hydrogens (tertiary/aromatic N) is 1. The number of aromatic nitrogens is 1. The fraction of sp³-hybridized carbons (Fsp3) is 0.483. The van der Waals surface area contributed by atoms with Gasteiger partial charge in [0.05, 0.1) is 21.3 Å². The van der Waals surface area contributed by atoms with Gasteiger partial charge in [-0.05, 0) is 81.3 Å². The zero-order valence-corrected chi connectivity index (χ0v) is 22.5. The molecule has 1 fully saturated rings. The molecule has 2 aromatic carbocycles. The van der Waals surface area contributed by atoms with Gasteiger partial charge in [-0.1, -0.05) is 6.92 Å². The van der Waals surface area contributed by atoms with Crippen LogP contribution >= 0.6 is 0 Å². The molecule has 0 saturated carbocycles. The average Bonchev–Trinajstić information content (AvgIpc) is 3.23. The van der Waals surface area contributed by atoms with Crippen LogP contribution in [-0.4, -0.2) is 56.0 Å². The minimum absolute atomic E-state index is 0.234. The number of nitrogens with one attached hydrogen (secondary N) is 1. The minimum atomic E-state index is -0.487. The van der Waals surface area contributed by atoms with Gasteiger partial charge in [-0.15, -0.1) is 0 Å². The highest BCUT2D eigenvalue weighted by Crippen LogP contribution is 2.41. The van der Waals surface area contributed by atoms with Gasteiger partial charge in [0.2, 0.25) is 0 Å². The van der Waals surface area contributed by atoms with E-state index in [9.17, 15) is 4.79 Å². The Hall–Kier alpha value is -3.35. The number of likely N-dealkylation sites (tertiary alicyclic amines) is 1. The number of carbonyl (C=O) groups is 1. The van der Waals surface area contributed by atoms with Crippen LogP contribution < -0.4 is 14.2 Å². The summed E-state index contributed by atoms with van der Waals surface area (Å²) in [5.41, 5.74) is 5.13. The maximum Gasteiger partial charge on any atom is 0.410 e. The number of methoxy groups -OCH3 is 3. The third kappa shape index (κ3) is 5.11. The Bertz CT molecular complexity index is 1230. The molecule has 4 rings (SSSR count). The van der Waals surface area contributed by atoms with Gasteiger partial charge in [0.15, 0.2) is 11.5 Å². The molecule has 0 unspecified atom stereocenters. The molecule has 2 heterocycles. The number of aromatic amines is 1. The number of hydrogen-bond donors (Lipinski definition) is 1. The van der Waals surface area contributed by atoms with Crippen molar-refractivity contribution in [2.75, 3.05) is 34.4 Å². The van der Waals surface area contributed by atoms with Crippen LogP contribution in [0.25, 0.3) is 22.2 Å². The molecule has 194 valence electrons. The molecule has 1 aliphatic heterocycles. The summed E-state index contributed by atoms with van der Waals surface area (Å²) in [5, 5.41) is 1.20. The summed E-state index contributed by atoms with van der Waals surface area (Å²) in [4.78, 5) is 18.0. The number of fused-ring (bicyclic) bond motifs is 1. The van der Waals surface area contributed by atoms with E-state index >= 15 is 0 Å². The first-order valence-electron chi connectivity index (χ1n) is 12.6. The Morgan fingerprint density at radius 2 is 1.64 bits per heavy atom. The summed E-state index contributed by atoms with van der Waals surface area (Å²) in [6, 6.07) is 10.4. The molecular weight excluding hydrogens is 456 g/mol. The standard InChI is InChI=1S/C29H38N2O5/c1-8-20-22-16-21(18-11-13-31(14-12-18)28(32)36-29(2,3)4)25(34-6)17-23(22)30-27(20)19-9-10-24(33-5)26(15-19)35-7/h9-10,15-18,30H,8,11-14H2,1-7H3. The molecule has 1 amide bonds. The van der Waals surface area contributed by atoms with Crippen LogP contribution in [0.15, 0.2) is 30.3 Å². The number of piperidine rings is 1. The van der Waals surface area contributed by atoms with Crippen LogP contribution in [0.5, 0.6) is 17.2 Å². The lowest BCUT2D eigenvalue weighted by Gasteiger charge is -2.34. The molecule has 0 atom stereocenters. The first kappa shape index (κ1) is 25.7. The van der Waals surface area contributed by atoms with Crippen LogP contribution in [-0.2, 0) is 11.2 Å². The zero-order valence-electron chi connectivity index (χ0n) is 22.5. The van der Waals surface area contributed by atoms with Crippen molar-refractivity contribution >= 4 is 17.0 Å². The highest BCUT2D eigenvalue weighted by Gasteiger charge is 2.29.